The zero-order valence-corrected chi connectivity index (χ0v) is 16.1. The van der Waals surface area contributed by atoms with E-state index in [4.69, 9.17) is 4.52 Å². The first-order valence-corrected chi connectivity index (χ1v) is 10.3. The first kappa shape index (κ1) is 17.2. The molecule has 2 aromatic heterocycles. The first-order valence-electron chi connectivity index (χ1n) is 7.22. The summed E-state index contributed by atoms with van der Waals surface area (Å²) in [6, 6.07) is 13.0. The standard InChI is InChI=1S/C16H15BrN2O3S2/c1-12-15(17)16(22-18-12)19(10-9-13-6-3-2-4-7-13)24(20,21)14-8-5-11-23-14/h2-8,11H,9-10H2,1H3. The fraction of sp³-hybridized carbons (Fsp3) is 0.188. The Morgan fingerprint density at radius 3 is 2.54 bits per heavy atom. The van der Waals surface area contributed by atoms with Crippen molar-refractivity contribution in [3.05, 3.63) is 63.6 Å². The Hall–Kier alpha value is -1.64. The second-order valence-corrected chi connectivity index (χ2v) is 8.96. The minimum atomic E-state index is -3.70. The molecule has 0 unspecified atom stereocenters. The minimum absolute atomic E-state index is 0.205. The van der Waals surface area contributed by atoms with E-state index in [-0.39, 0.29) is 16.6 Å². The Balaban J connectivity index is 1.97. The van der Waals surface area contributed by atoms with Crippen LogP contribution >= 0.6 is 27.3 Å². The maximum Gasteiger partial charge on any atom is 0.276 e. The Morgan fingerprint density at radius 1 is 1.21 bits per heavy atom. The van der Waals surface area contributed by atoms with Gasteiger partial charge in [-0.05, 0) is 46.3 Å². The zero-order chi connectivity index (χ0) is 17.2. The molecule has 0 saturated carbocycles. The second kappa shape index (κ2) is 7.08. The number of hydrogen-bond donors (Lipinski definition) is 0. The van der Waals surface area contributed by atoms with Crippen molar-refractivity contribution in [2.75, 3.05) is 10.8 Å². The summed E-state index contributed by atoms with van der Waals surface area (Å²) in [6.07, 6.45) is 0.567. The quantitative estimate of drug-likeness (QED) is 0.590. The summed E-state index contributed by atoms with van der Waals surface area (Å²) in [7, 11) is -3.70. The number of hydrogen-bond acceptors (Lipinski definition) is 5. The molecule has 1 aromatic carbocycles. The highest BCUT2D eigenvalue weighted by Gasteiger charge is 2.31. The summed E-state index contributed by atoms with van der Waals surface area (Å²) in [4.78, 5) is 0. The van der Waals surface area contributed by atoms with Gasteiger partial charge in [-0.2, -0.15) is 0 Å². The highest BCUT2D eigenvalue weighted by Crippen LogP contribution is 2.34. The molecule has 3 aromatic rings. The Labute approximate surface area is 153 Å². The molecule has 0 spiro atoms. The maximum atomic E-state index is 13.0. The number of sulfonamides is 1. The molecule has 0 saturated heterocycles. The number of thiophene rings is 1. The van der Waals surface area contributed by atoms with Gasteiger partial charge in [0, 0.05) is 6.54 Å². The molecule has 2 heterocycles. The summed E-state index contributed by atoms with van der Waals surface area (Å²) in [5, 5.41) is 5.60. The number of aromatic nitrogens is 1. The van der Waals surface area contributed by atoms with Crippen molar-refractivity contribution in [3.8, 4) is 0 Å². The number of aryl methyl sites for hydroxylation is 1. The van der Waals surface area contributed by atoms with Crippen molar-refractivity contribution < 1.29 is 12.9 Å². The topological polar surface area (TPSA) is 63.4 Å². The lowest BCUT2D eigenvalue weighted by atomic mass is 10.1. The van der Waals surface area contributed by atoms with E-state index in [0.29, 0.717) is 16.6 Å². The van der Waals surface area contributed by atoms with Crippen LogP contribution in [0.1, 0.15) is 11.3 Å². The van der Waals surface area contributed by atoms with Gasteiger partial charge < -0.3 is 4.52 Å². The van der Waals surface area contributed by atoms with E-state index in [1.807, 2.05) is 30.3 Å². The van der Waals surface area contributed by atoms with Crippen LogP contribution in [0.15, 0.2) is 61.0 Å². The minimum Gasteiger partial charge on any atom is -0.336 e. The number of nitrogens with zero attached hydrogens (tertiary/aromatic N) is 2. The van der Waals surface area contributed by atoms with Gasteiger partial charge in [0.05, 0.1) is 5.69 Å². The molecule has 8 heteroatoms. The number of anilines is 1. The van der Waals surface area contributed by atoms with Gasteiger partial charge in [-0.25, -0.2) is 12.7 Å². The molecular formula is C16H15BrN2O3S2. The van der Waals surface area contributed by atoms with Gasteiger partial charge in [0.1, 0.15) is 8.68 Å². The van der Waals surface area contributed by atoms with Crippen molar-refractivity contribution in [2.45, 2.75) is 17.6 Å². The Morgan fingerprint density at radius 2 is 1.96 bits per heavy atom. The molecule has 0 radical (unpaired) electrons. The van der Waals surface area contributed by atoms with Gasteiger partial charge in [0.25, 0.3) is 15.9 Å². The number of benzene rings is 1. The van der Waals surface area contributed by atoms with Crippen molar-refractivity contribution in [3.63, 3.8) is 0 Å². The molecule has 3 rings (SSSR count). The third kappa shape index (κ3) is 3.40. The van der Waals surface area contributed by atoms with Crippen LogP contribution in [0.25, 0.3) is 0 Å². The van der Waals surface area contributed by atoms with Crippen LogP contribution < -0.4 is 4.31 Å². The van der Waals surface area contributed by atoms with Crippen LogP contribution in [0.5, 0.6) is 0 Å². The summed E-state index contributed by atoms with van der Waals surface area (Å²) < 4.78 is 33.4. The van der Waals surface area contributed by atoms with Crippen molar-refractivity contribution in [1.82, 2.24) is 5.16 Å². The predicted octanol–water partition coefficient (Wildman–Crippen LogP) is 4.25. The van der Waals surface area contributed by atoms with Gasteiger partial charge in [0.15, 0.2) is 0 Å². The fourth-order valence-corrected chi connectivity index (χ4v) is 5.22. The van der Waals surface area contributed by atoms with Crippen LogP contribution in [0, 0.1) is 6.92 Å². The normalized spacial score (nSPS) is 11.6. The lowest BCUT2D eigenvalue weighted by molar-refractivity contribution is 0.419. The lowest BCUT2D eigenvalue weighted by Gasteiger charge is -2.20. The number of halogens is 1. The van der Waals surface area contributed by atoms with Crippen LogP contribution in [0.2, 0.25) is 0 Å². The van der Waals surface area contributed by atoms with Gasteiger partial charge in [-0.15, -0.1) is 11.3 Å². The third-order valence-electron chi connectivity index (χ3n) is 3.49. The van der Waals surface area contributed by atoms with E-state index < -0.39 is 10.0 Å². The van der Waals surface area contributed by atoms with Gasteiger partial charge >= 0.3 is 0 Å². The summed E-state index contributed by atoms with van der Waals surface area (Å²) in [5.74, 6) is 0.205. The van der Waals surface area contributed by atoms with Gasteiger partial charge in [-0.1, -0.05) is 41.6 Å². The van der Waals surface area contributed by atoms with Crippen LogP contribution in [-0.4, -0.2) is 20.1 Å². The van der Waals surface area contributed by atoms with Crippen LogP contribution in [0.3, 0.4) is 0 Å². The predicted molar refractivity (Wildman–Crippen MR) is 97.9 cm³/mol. The average Bonchev–Trinajstić information content (AvgIpc) is 3.22. The molecule has 126 valence electrons. The smallest absolute Gasteiger partial charge is 0.276 e. The fourth-order valence-electron chi connectivity index (χ4n) is 2.23. The molecule has 0 atom stereocenters. The molecule has 0 aliphatic carbocycles. The lowest BCUT2D eigenvalue weighted by Crippen LogP contribution is -2.32. The summed E-state index contributed by atoms with van der Waals surface area (Å²) >= 11 is 4.55. The molecule has 0 fully saturated rings. The summed E-state index contributed by atoms with van der Waals surface area (Å²) in [5.41, 5.74) is 1.66. The molecule has 0 aliphatic heterocycles. The van der Waals surface area contributed by atoms with Gasteiger partial charge in [0.2, 0.25) is 0 Å². The first-order chi connectivity index (χ1) is 11.5. The zero-order valence-electron chi connectivity index (χ0n) is 12.8. The summed E-state index contributed by atoms with van der Waals surface area (Å²) in [6.45, 7) is 2.02. The Bertz CT molecular complexity index is 906. The van der Waals surface area contributed by atoms with Crippen molar-refractivity contribution >= 4 is 43.2 Å². The van der Waals surface area contributed by atoms with E-state index in [1.54, 1.807) is 24.4 Å². The molecule has 0 amide bonds. The number of rotatable bonds is 6. The molecular weight excluding hydrogens is 412 g/mol. The molecule has 0 bridgehead atoms. The molecule has 0 N–H and O–H groups in total. The van der Waals surface area contributed by atoms with E-state index in [0.717, 1.165) is 5.56 Å². The molecule has 0 aliphatic rings. The SMILES string of the molecule is Cc1noc(N(CCc2ccccc2)S(=O)(=O)c2cccs2)c1Br. The Kier molecular flexibility index (Phi) is 5.07. The van der Waals surface area contributed by atoms with Gasteiger partial charge in [-0.3, -0.25) is 0 Å². The van der Waals surface area contributed by atoms with E-state index in [1.165, 1.54) is 15.6 Å². The highest BCUT2D eigenvalue weighted by molar-refractivity contribution is 9.10. The van der Waals surface area contributed by atoms with E-state index >= 15 is 0 Å². The molecule has 24 heavy (non-hydrogen) atoms. The highest BCUT2D eigenvalue weighted by atomic mass is 79.9. The molecule has 5 nitrogen and oxygen atoms in total. The second-order valence-electron chi connectivity index (χ2n) is 5.13. The van der Waals surface area contributed by atoms with Crippen molar-refractivity contribution in [2.24, 2.45) is 0 Å². The van der Waals surface area contributed by atoms with Crippen LogP contribution in [-0.2, 0) is 16.4 Å². The monoisotopic (exact) mass is 426 g/mol. The van der Waals surface area contributed by atoms with E-state index in [2.05, 4.69) is 21.1 Å². The maximum absolute atomic E-state index is 13.0. The van der Waals surface area contributed by atoms with Crippen LogP contribution in [0.4, 0.5) is 5.88 Å². The third-order valence-corrected chi connectivity index (χ3v) is 7.56. The van der Waals surface area contributed by atoms with E-state index in [9.17, 15) is 8.42 Å². The largest absolute Gasteiger partial charge is 0.336 e. The van der Waals surface area contributed by atoms with Crippen molar-refractivity contribution in [1.29, 1.82) is 0 Å². The average molecular weight is 427 g/mol.